The fourth-order valence-corrected chi connectivity index (χ4v) is 6.65. The summed E-state index contributed by atoms with van der Waals surface area (Å²) in [6.45, 7) is 6.23. The van der Waals surface area contributed by atoms with Crippen molar-refractivity contribution in [1.82, 2.24) is 20.0 Å². The molecular formula is C31H34N4O4S. The van der Waals surface area contributed by atoms with Gasteiger partial charge in [0, 0.05) is 5.92 Å². The van der Waals surface area contributed by atoms with Crippen LogP contribution in [0.4, 0.5) is 0 Å². The minimum atomic E-state index is -3.72. The highest BCUT2D eigenvalue weighted by molar-refractivity contribution is 7.90. The van der Waals surface area contributed by atoms with Crippen LogP contribution in [0.3, 0.4) is 0 Å². The first-order valence-electron chi connectivity index (χ1n) is 13.4. The molecule has 3 atom stereocenters. The van der Waals surface area contributed by atoms with Crippen molar-refractivity contribution >= 4 is 32.9 Å². The highest BCUT2D eigenvalue weighted by Gasteiger charge is 2.38. The number of sulfonamides is 1. The van der Waals surface area contributed by atoms with Crippen LogP contribution in [0.15, 0.2) is 78.9 Å². The van der Waals surface area contributed by atoms with E-state index in [1.807, 2.05) is 66.7 Å². The van der Waals surface area contributed by atoms with Gasteiger partial charge in [0.15, 0.2) is 0 Å². The van der Waals surface area contributed by atoms with Gasteiger partial charge < -0.3 is 10.3 Å². The molecule has 0 bridgehead atoms. The Kier molecular flexibility index (Phi) is 7.51. The minimum absolute atomic E-state index is 0.0555. The molecular weight excluding hydrogens is 524 g/mol. The Balaban J connectivity index is 1.42. The van der Waals surface area contributed by atoms with E-state index >= 15 is 0 Å². The van der Waals surface area contributed by atoms with E-state index in [2.05, 4.69) is 35.8 Å². The first-order chi connectivity index (χ1) is 19.0. The van der Waals surface area contributed by atoms with Gasteiger partial charge in [-0.2, -0.15) is 0 Å². The van der Waals surface area contributed by atoms with Gasteiger partial charge in [-0.3, -0.25) is 14.3 Å². The topological polar surface area (TPSA) is 121 Å². The summed E-state index contributed by atoms with van der Waals surface area (Å²) in [4.78, 5) is 33.7. The summed E-state index contributed by atoms with van der Waals surface area (Å²) >= 11 is 0. The lowest BCUT2D eigenvalue weighted by molar-refractivity contribution is -0.129. The Morgan fingerprint density at radius 3 is 2.23 bits per heavy atom. The van der Waals surface area contributed by atoms with Crippen LogP contribution in [0, 0.1) is 11.3 Å². The smallest absolute Gasteiger partial charge is 0.242 e. The number of hydrogen-bond donors (Lipinski definition) is 3. The lowest BCUT2D eigenvalue weighted by Gasteiger charge is -2.31. The number of rotatable bonds is 8. The van der Waals surface area contributed by atoms with Crippen LogP contribution < -0.4 is 10.0 Å². The van der Waals surface area contributed by atoms with E-state index in [-0.39, 0.29) is 23.7 Å². The van der Waals surface area contributed by atoms with Crippen LogP contribution in [-0.4, -0.2) is 30.2 Å². The molecule has 8 nitrogen and oxygen atoms in total. The van der Waals surface area contributed by atoms with Crippen LogP contribution in [0.5, 0.6) is 0 Å². The minimum Gasteiger partial charge on any atom is -0.346 e. The molecule has 4 aromatic rings. The van der Waals surface area contributed by atoms with E-state index in [1.54, 1.807) is 12.1 Å². The van der Waals surface area contributed by atoms with Crippen molar-refractivity contribution in [2.24, 2.45) is 11.3 Å². The van der Waals surface area contributed by atoms with Gasteiger partial charge >= 0.3 is 0 Å². The highest BCUT2D eigenvalue weighted by Crippen LogP contribution is 2.32. The number of amides is 2. The Morgan fingerprint density at radius 1 is 0.950 bits per heavy atom. The molecule has 0 spiro atoms. The summed E-state index contributed by atoms with van der Waals surface area (Å²) in [6.07, 6.45) is 0.970. The van der Waals surface area contributed by atoms with Crippen molar-refractivity contribution in [2.45, 2.75) is 51.3 Å². The fourth-order valence-electron chi connectivity index (χ4n) is 5.22. The van der Waals surface area contributed by atoms with Crippen LogP contribution in [0.2, 0.25) is 0 Å². The summed E-state index contributed by atoms with van der Waals surface area (Å²) in [5.41, 5.74) is 3.97. The Labute approximate surface area is 234 Å². The van der Waals surface area contributed by atoms with Gasteiger partial charge in [-0.05, 0) is 47.1 Å². The fraction of sp³-hybridized carbons (Fsp3) is 0.323. The molecule has 1 aliphatic rings. The SMILES string of the molecule is CC(C)(C)C(Cc1ccccc1)C(=O)N[C@@H](Cc1ccc(C2CC(=O)NS2(=O)=O)cc1)c1nc2ccccc2[nH]1. The number of nitrogens with one attached hydrogen (secondary N) is 3. The maximum Gasteiger partial charge on any atom is 0.242 e. The Morgan fingerprint density at radius 2 is 1.60 bits per heavy atom. The van der Waals surface area contributed by atoms with Crippen LogP contribution in [-0.2, 0) is 32.5 Å². The summed E-state index contributed by atoms with van der Waals surface area (Å²) in [7, 11) is -3.72. The third-order valence-electron chi connectivity index (χ3n) is 7.49. The molecule has 3 aromatic carbocycles. The number of nitrogens with zero attached hydrogens (tertiary/aromatic N) is 1. The summed E-state index contributed by atoms with van der Waals surface area (Å²) in [6, 6.07) is 24.5. The quantitative estimate of drug-likeness (QED) is 0.288. The van der Waals surface area contributed by atoms with Gasteiger partial charge in [0.1, 0.15) is 11.1 Å². The number of carbonyl (C=O) groups excluding carboxylic acids is 2. The first kappa shape index (κ1) is 27.6. The molecule has 2 amide bonds. The molecule has 208 valence electrons. The molecule has 1 aromatic heterocycles. The lowest BCUT2D eigenvalue weighted by Crippen LogP contribution is -2.41. The highest BCUT2D eigenvalue weighted by atomic mass is 32.2. The number of benzene rings is 3. The molecule has 0 saturated carbocycles. The monoisotopic (exact) mass is 558 g/mol. The van der Waals surface area contributed by atoms with E-state index in [0.717, 1.165) is 22.2 Å². The molecule has 40 heavy (non-hydrogen) atoms. The Hall–Kier alpha value is -3.98. The summed E-state index contributed by atoms with van der Waals surface area (Å²) in [5, 5.41) is 2.38. The molecule has 0 radical (unpaired) electrons. The number of imidazole rings is 1. The van der Waals surface area contributed by atoms with Gasteiger partial charge in [0.05, 0.1) is 23.5 Å². The maximum absolute atomic E-state index is 13.9. The zero-order valence-corrected chi connectivity index (χ0v) is 23.7. The molecule has 2 unspecified atom stereocenters. The predicted octanol–water partition coefficient (Wildman–Crippen LogP) is 4.76. The van der Waals surface area contributed by atoms with Gasteiger partial charge in [0.25, 0.3) is 0 Å². The van der Waals surface area contributed by atoms with Gasteiger partial charge in [-0.25, -0.2) is 13.4 Å². The number of hydrogen-bond acceptors (Lipinski definition) is 5. The number of aromatic nitrogens is 2. The van der Waals surface area contributed by atoms with E-state index in [4.69, 9.17) is 4.98 Å². The van der Waals surface area contributed by atoms with Crippen molar-refractivity contribution < 1.29 is 18.0 Å². The zero-order valence-electron chi connectivity index (χ0n) is 22.8. The van der Waals surface area contributed by atoms with Crippen molar-refractivity contribution in [3.05, 3.63) is 101 Å². The number of para-hydroxylation sites is 2. The summed E-state index contributed by atoms with van der Waals surface area (Å²) in [5.74, 6) is -0.174. The molecule has 1 saturated heterocycles. The number of fused-ring (bicyclic) bond motifs is 1. The first-order valence-corrected chi connectivity index (χ1v) is 15.0. The molecule has 1 aliphatic heterocycles. The largest absolute Gasteiger partial charge is 0.346 e. The van der Waals surface area contributed by atoms with Crippen LogP contribution >= 0.6 is 0 Å². The third-order valence-corrected chi connectivity index (χ3v) is 9.19. The van der Waals surface area contributed by atoms with Crippen molar-refractivity contribution in [3.63, 3.8) is 0 Å². The molecule has 0 aliphatic carbocycles. The average molecular weight is 559 g/mol. The second-order valence-electron chi connectivity index (χ2n) is 11.5. The normalized spacial score (nSPS) is 18.3. The predicted molar refractivity (Wildman–Crippen MR) is 155 cm³/mol. The Bertz CT molecular complexity index is 1590. The maximum atomic E-state index is 13.9. The van der Waals surface area contributed by atoms with E-state index < -0.39 is 27.2 Å². The van der Waals surface area contributed by atoms with Gasteiger partial charge in [-0.15, -0.1) is 0 Å². The standard InChI is InChI=1S/C31H34N4O4S/c1-31(2,3)23(17-20-9-5-4-6-10-20)30(37)34-26(29-32-24-11-7-8-12-25(24)33-29)18-21-13-15-22(16-14-21)27-19-28(36)35-40(27,38)39/h4-16,23,26-27H,17-19H2,1-3H3,(H,32,33)(H,34,37)(H,35,36)/t23?,26-,27?/m0/s1. The second kappa shape index (κ2) is 10.9. The summed E-state index contributed by atoms with van der Waals surface area (Å²) < 4.78 is 26.7. The van der Waals surface area contributed by atoms with Gasteiger partial charge in [-0.1, -0.05) is 87.5 Å². The number of H-pyrrole nitrogens is 1. The van der Waals surface area contributed by atoms with E-state index in [1.165, 1.54) is 0 Å². The van der Waals surface area contributed by atoms with Crippen LogP contribution in [0.1, 0.15) is 61.0 Å². The number of carbonyl (C=O) groups is 2. The second-order valence-corrected chi connectivity index (χ2v) is 13.4. The zero-order chi connectivity index (χ0) is 28.5. The van der Waals surface area contributed by atoms with E-state index in [0.29, 0.717) is 24.2 Å². The number of aromatic amines is 1. The molecule has 1 fully saturated rings. The molecule has 2 heterocycles. The molecule has 9 heteroatoms. The van der Waals surface area contributed by atoms with Crippen molar-refractivity contribution in [1.29, 1.82) is 0 Å². The molecule has 5 rings (SSSR count). The molecule has 3 N–H and O–H groups in total. The third kappa shape index (κ3) is 6.09. The average Bonchev–Trinajstić information content (AvgIpc) is 3.46. The van der Waals surface area contributed by atoms with Gasteiger partial charge in [0.2, 0.25) is 21.8 Å². The van der Waals surface area contributed by atoms with Crippen molar-refractivity contribution in [3.8, 4) is 0 Å². The van der Waals surface area contributed by atoms with Crippen molar-refractivity contribution in [2.75, 3.05) is 0 Å². The van der Waals surface area contributed by atoms with Crippen LogP contribution in [0.25, 0.3) is 11.0 Å². The lowest BCUT2D eigenvalue weighted by atomic mass is 9.76. The van der Waals surface area contributed by atoms with E-state index in [9.17, 15) is 18.0 Å².